The minimum Gasteiger partial charge on any atom is -0.458 e. The summed E-state index contributed by atoms with van der Waals surface area (Å²) in [4.78, 5) is 30.7. The molecule has 0 amide bonds. The van der Waals surface area contributed by atoms with Gasteiger partial charge in [0.05, 0.1) is 41.4 Å². The van der Waals surface area contributed by atoms with Crippen molar-refractivity contribution in [1.29, 1.82) is 0 Å². The highest BCUT2D eigenvalue weighted by Gasteiger charge is 2.53. The predicted octanol–water partition coefficient (Wildman–Crippen LogP) is 3.63. The molecule has 2 aliphatic heterocycles. The molecule has 3 rings (SSSR count). The summed E-state index contributed by atoms with van der Waals surface area (Å²) in [6.45, 7) is 11.2. The highest BCUT2D eigenvalue weighted by molar-refractivity contribution is 7.09. The number of fused-ring (bicyclic) bond motifs is 1. The Morgan fingerprint density at radius 3 is 2.61 bits per heavy atom. The van der Waals surface area contributed by atoms with E-state index in [2.05, 4.69) is 11.9 Å². The maximum Gasteiger partial charge on any atom is 0.309 e. The number of nitrogens with zero attached hydrogens (tertiary/aromatic N) is 1. The van der Waals surface area contributed by atoms with E-state index in [1.54, 1.807) is 20.8 Å². The van der Waals surface area contributed by atoms with Crippen LogP contribution in [0.5, 0.6) is 0 Å². The van der Waals surface area contributed by atoms with Crippen LogP contribution in [-0.4, -0.2) is 57.0 Å². The van der Waals surface area contributed by atoms with Gasteiger partial charge < -0.3 is 25.4 Å². The van der Waals surface area contributed by atoms with Gasteiger partial charge in [-0.25, -0.2) is 4.98 Å². The lowest BCUT2D eigenvalue weighted by atomic mass is 9.73. The van der Waals surface area contributed by atoms with Crippen LogP contribution in [0.1, 0.15) is 84.3 Å². The van der Waals surface area contributed by atoms with Gasteiger partial charge in [0.25, 0.3) is 0 Å². The molecule has 4 N–H and O–H groups in total. The summed E-state index contributed by atoms with van der Waals surface area (Å²) in [6, 6.07) is 0. The van der Waals surface area contributed by atoms with Gasteiger partial charge in [0.1, 0.15) is 16.9 Å². The van der Waals surface area contributed by atoms with Crippen LogP contribution in [0.25, 0.3) is 6.08 Å². The number of thiazole rings is 1. The number of esters is 1. The van der Waals surface area contributed by atoms with Gasteiger partial charge in [-0.3, -0.25) is 9.59 Å². The van der Waals surface area contributed by atoms with E-state index < -0.39 is 35.6 Å². The fourth-order valence-corrected chi connectivity index (χ4v) is 5.74. The molecule has 2 fully saturated rings. The summed E-state index contributed by atoms with van der Waals surface area (Å²) in [7, 11) is 0. The van der Waals surface area contributed by atoms with Crippen molar-refractivity contribution < 1.29 is 29.3 Å². The van der Waals surface area contributed by atoms with E-state index in [1.165, 1.54) is 11.3 Å². The molecule has 7 atom stereocenters. The summed E-state index contributed by atoms with van der Waals surface area (Å²) in [6.07, 6.45) is 1.80. The van der Waals surface area contributed by atoms with Crippen LogP contribution in [-0.2, 0) is 25.6 Å². The second kappa shape index (κ2) is 11.4. The first kappa shape index (κ1) is 28.9. The maximum absolute atomic E-state index is 13.2. The quantitative estimate of drug-likeness (QED) is 0.405. The Balaban J connectivity index is 1.85. The van der Waals surface area contributed by atoms with Gasteiger partial charge >= 0.3 is 5.97 Å². The molecule has 0 aromatic carbocycles. The number of Topliss-reactive ketones (excluding diaryl/α,β-unsaturated/α-hetero) is 1. The molecule has 202 valence electrons. The lowest BCUT2D eigenvalue weighted by Crippen LogP contribution is -2.45. The number of ether oxygens (including phenoxy) is 2. The molecule has 36 heavy (non-hydrogen) atoms. The van der Waals surface area contributed by atoms with Crippen LogP contribution in [0, 0.1) is 17.3 Å². The Morgan fingerprint density at radius 1 is 1.28 bits per heavy atom. The number of nitrogens with two attached hydrogens (primary N) is 1. The van der Waals surface area contributed by atoms with Crippen molar-refractivity contribution in [2.75, 3.05) is 0 Å². The van der Waals surface area contributed by atoms with E-state index in [0.29, 0.717) is 13.0 Å². The molecular formula is C27H42N2O6S. The van der Waals surface area contributed by atoms with Crippen LogP contribution in [0.2, 0.25) is 0 Å². The molecule has 0 radical (unpaired) electrons. The molecule has 0 bridgehead atoms. The molecule has 1 aromatic rings. The van der Waals surface area contributed by atoms with E-state index in [9.17, 15) is 19.8 Å². The molecule has 3 heterocycles. The number of aliphatic hydroxyl groups excluding tert-OH is 2. The van der Waals surface area contributed by atoms with Crippen LogP contribution in [0.3, 0.4) is 0 Å². The zero-order chi connectivity index (χ0) is 26.8. The second-order valence-electron chi connectivity index (χ2n) is 11.3. The highest BCUT2D eigenvalue weighted by Crippen LogP contribution is 2.45. The number of aromatic nitrogens is 1. The normalized spacial score (nSPS) is 36.8. The molecule has 9 heteroatoms. The van der Waals surface area contributed by atoms with Gasteiger partial charge in [-0.15, -0.1) is 11.3 Å². The van der Waals surface area contributed by atoms with E-state index >= 15 is 0 Å². The van der Waals surface area contributed by atoms with Crippen molar-refractivity contribution in [2.45, 2.75) is 110 Å². The highest BCUT2D eigenvalue weighted by atomic mass is 32.1. The van der Waals surface area contributed by atoms with Crippen LogP contribution < -0.4 is 5.73 Å². The zero-order valence-electron chi connectivity index (χ0n) is 22.3. The van der Waals surface area contributed by atoms with Gasteiger partial charge in [-0.1, -0.05) is 34.1 Å². The molecule has 8 nitrogen and oxygen atoms in total. The van der Waals surface area contributed by atoms with Crippen LogP contribution >= 0.6 is 11.3 Å². The molecule has 0 aliphatic carbocycles. The van der Waals surface area contributed by atoms with E-state index in [0.717, 1.165) is 35.5 Å². The zero-order valence-corrected chi connectivity index (χ0v) is 23.1. The first-order chi connectivity index (χ1) is 16.8. The lowest BCUT2D eigenvalue weighted by Gasteiger charge is -2.34. The molecule has 2 aliphatic rings. The Hall–Kier alpha value is -1.65. The number of epoxide rings is 1. The van der Waals surface area contributed by atoms with E-state index in [1.807, 2.05) is 25.3 Å². The standard InChI is InChI=1S/C27H42N2O6S/c1-15-8-7-9-27(6)21(35-27)11-19(16(2)10-18-14-36-22(13-28)29-18)34-23(31)12-20(30)26(4,5)25(33)17(3)24(15)32/h10,14-15,17,19-21,24,30,32H,7-9,11-13,28H2,1-6H3/b16-10+/t15-,17-,19-,20-,21-,24-,27+/m0/s1. The van der Waals surface area contributed by atoms with Crippen molar-refractivity contribution in [1.82, 2.24) is 4.98 Å². The van der Waals surface area contributed by atoms with Gasteiger partial charge in [0, 0.05) is 24.3 Å². The van der Waals surface area contributed by atoms with E-state index in [-0.39, 0.29) is 29.8 Å². The molecule has 0 saturated carbocycles. The number of aliphatic hydroxyl groups is 2. The summed E-state index contributed by atoms with van der Waals surface area (Å²) in [5.74, 6) is -1.59. The number of carbonyl (C=O) groups excluding carboxylic acids is 2. The largest absolute Gasteiger partial charge is 0.458 e. The van der Waals surface area contributed by atoms with Gasteiger partial charge in [0.15, 0.2) is 0 Å². The summed E-state index contributed by atoms with van der Waals surface area (Å²) >= 11 is 1.48. The number of cyclic esters (lactones) is 1. The lowest BCUT2D eigenvalue weighted by molar-refractivity contribution is -0.154. The fraction of sp³-hybridized carbons (Fsp3) is 0.741. The summed E-state index contributed by atoms with van der Waals surface area (Å²) in [5.41, 5.74) is 5.74. The number of hydrogen-bond acceptors (Lipinski definition) is 9. The fourth-order valence-electron chi connectivity index (χ4n) is 5.11. The SMILES string of the molecule is C/C(=C\c1csc(CN)n1)[C@@H]1C[C@@H]2O[C@]2(C)CCC[C@H](C)[C@H](O)[C@H](C)C(=O)C(C)(C)[C@@H](O)CC(=O)O1. The van der Waals surface area contributed by atoms with Crippen molar-refractivity contribution in [3.63, 3.8) is 0 Å². The van der Waals surface area contributed by atoms with Crippen molar-refractivity contribution in [3.05, 3.63) is 21.7 Å². The maximum atomic E-state index is 13.2. The number of carbonyl (C=O) groups is 2. The third kappa shape index (κ3) is 6.61. The van der Waals surface area contributed by atoms with Crippen molar-refractivity contribution in [3.8, 4) is 0 Å². The third-order valence-corrected chi connectivity index (χ3v) is 8.92. The smallest absolute Gasteiger partial charge is 0.309 e. The second-order valence-corrected chi connectivity index (χ2v) is 12.3. The first-order valence-corrected chi connectivity index (χ1v) is 13.8. The van der Waals surface area contributed by atoms with Gasteiger partial charge in [-0.05, 0) is 44.3 Å². The van der Waals surface area contributed by atoms with Gasteiger partial charge in [-0.2, -0.15) is 0 Å². The van der Waals surface area contributed by atoms with Gasteiger partial charge in [0.2, 0.25) is 0 Å². The molecule has 2 saturated heterocycles. The van der Waals surface area contributed by atoms with Crippen LogP contribution in [0.4, 0.5) is 0 Å². The average Bonchev–Trinajstić information content (AvgIpc) is 3.23. The number of hydrogen-bond donors (Lipinski definition) is 3. The topological polar surface area (TPSA) is 135 Å². The molecule has 0 unspecified atom stereocenters. The van der Waals surface area contributed by atoms with Crippen LogP contribution in [0.15, 0.2) is 11.0 Å². The average molecular weight is 523 g/mol. The number of ketones is 1. The third-order valence-electron chi connectivity index (χ3n) is 8.03. The Morgan fingerprint density at radius 2 is 1.97 bits per heavy atom. The monoisotopic (exact) mass is 522 g/mol. The Labute approximate surface area is 218 Å². The van der Waals surface area contributed by atoms with E-state index in [4.69, 9.17) is 15.2 Å². The van der Waals surface area contributed by atoms with Crippen molar-refractivity contribution in [2.24, 2.45) is 23.0 Å². The van der Waals surface area contributed by atoms with Crippen molar-refractivity contribution >= 4 is 29.2 Å². The molecular weight excluding hydrogens is 480 g/mol. The number of rotatable bonds is 3. The first-order valence-electron chi connectivity index (χ1n) is 12.9. The minimum atomic E-state index is -1.24. The Bertz CT molecular complexity index is 975. The Kier molecular flexibility index (Phi) is 9.15. The summed E-state index contributed by atoms with van der Waals surface area (Å²) < 4.78 is 11.9. The molecule has 0 spiro atoms. The minimum absolute atomic E-state index is 0.0660. The summed E-state index contributed by atoms with van der Waals surface area (Å²) in [5, 5.41) is 24.5. The molecule has 1 aromatic heterocycles. The predicted molar refractivity (Wildman–Crippen MR) is 139 cm³/mol.